The van der Waals surface area contributed by atoms with Crippen molar-refractivity contribution >= 4 is 16.7 Å². The first-order chi connectivity index (χ1) is 9.30. The van der Waals surface area contributed by atoms with E-state index in [1.54, 1.807) is 14.2 Å². The van der Waals surface area contributed by atoms with Gasteiger partial charge in [0.05, 0.1) is 19.7 Å². The third-order valence-corrected chi connectivity index (χ3v) is 2.81. The zero-order chi connectivity index (χ0) is 13.7. The quantitative estimate of drug-likeness (QED) is 0.766. The van der Waals surface area contributed by atoms with Crippen LogP contribution in [-0.2, 0) is 0 Å². The molecule has 0 unspecified atom stereocenters. The van der Waals surface area contributed by atoms with E-state index in [1.807, 2.05) is 12.1 Å². The first-order valence-electron chi connectivity index (χ1n) is 6.10. The molecule has 0 aliphatic rings. The number of nitrogens with one attached hydrogen (secondary N) is 1. The molecular formula is C13H18N4O2. The molecule has 19 heavy (non-hydrogen) atoms. The highest BCUT2D eigenvalue weighted by molar-refractivity contribution is 5.91. The molecule has 0 radical (unpaired) electrons. The van der Waals surface area contributed by atoms with Gasteiger partial charge in [-0.3, -0.25) is 0 Å². The number of aromatic nitrogens is 2. The van der Waals surface area contributed by atoms with Gasteiger partial charge in [0.2, 0.25) is 0 Å². The van der Waals surface area contributed by atoms with Crippen LogP contribution in [0.3, 0.4) is 0 Å². The summed E-state index contributed by atoms with van der Waals surface area (Å²) in [6, 6.07) is 3.71. The lowest BCUT2D eigenvalue weighted by Gasteiger charge is -2.11. The summed E-state index contributed by atoms with van der Waals surface area (Å²) in [6.07, 6.45) is 2.41. The second-order valence-corrected chi connectivity index (χ2v) is 4.02. The zero-order valence-corrected chi connectivity index (χ0v) is 11.1. The van der Waals surface area contributed by atoms with E-state index in [2.05, 4.69) is 15.3 Å². The van der Waals surface area contributed by atoms with Crippen molar-refractivity contribution in [3.8, 4) is 11.5 Å². The Morgan fingerprint density at radius 3 is 2.58 bits per heavy atom. The van der Waals surface area contributed by atoms with E-state index in [1.165, 1.54) is 6.33 Å². The number of methoxy groups -OCH3 is 2. The Morgan fingerprint density at radius 2 is 1.89 bits per heavy atom. The van der Waals surface area contributed by atoms with Crippen LogP contribution in [0.1, 0.15) is 6.42 Å². The third-order valence-electron chi connectivity index (χ3n) is 2.81. The van der Waals surface area contributed by atoms with Crippen LogP contribution in [0.25, 0.3) is 10.9 Å². The minimum atomic E-state index is 0.646. The number of ether oxygens (including phenoxy) is 2. The zero-order valence-electron chi connectivity index (χ0n) is 11.1. The largest absolute Gasteiger partial charge is 0.493 e. The van der Waals surface area contributed by atoms with Gasteiger partial charge in [0.1, 0.15) is 12.1 Å². The van der Waals surface area contributed by atoms with Crippen LogP contribution in [0.2, 0.25) is 0 Å². The molecule has 102 valence electrons. The molecule has 0 saturated heterocycles. The molecule has 0 bridgehead atoms. The highest BCUT2D eigenvalue weighted by Gasteiger charge is 2.10. The normalized spacial score (nSPS) is 10.5. The van der Waals surface area contributed by atoms with Gasteiger partial charge in [-0.05, 0) is 19.0 Å². The van der Waals surface area contributed by atoms with Gasteiger partial charge in [-0.1, -0.05) is 0 Å². The molecule has 0 aliphatic carbocycles. The maximum Gasteiger partial charge on any atom is 0.162 e. The van der Waals surface area contributed by atoms with Crippen LogP contribution in [0, 0.1) is 0 Å². The Hall–Kier alpha value is -2.08. The van der Waals surface area contributed by atoms with Gasteiger partial charge in [0, 0.05) is 18.0 Å². The summed E-state index contributed by atoms with van der Waals surface area (Å²) in [6.45, 7) is 1.42. The predicted molar refractivity (Wildman–Crippen MR) is 74.8 cm³/mol. The Balaban J connectivity index is 2.42. The SMILES string of the molecule is COc1cc2ncnc(NCCCN)c2cc1OC. The monoisotopic (exact) mass is 262 g/mol. The van der Waals surface area contributed by atoms with Gasteiger partial charge in [0.15, 0.2) is 11.5 Å². The van der Waals surface area contributed by atoms with Crippen molar-refractivity contribution < 1.29 is 9.47 Å². The molecule has 1 aromatic heterocycles. The van der Waals surface area contributed by atoms with Gasteiger partial charge in [-0.25, -0.2) is 9.97 Å². The van der Waals surface area contributed by atoms with E-state index >= 15 is 0 Å². The van der Waals surface area contributed by atoms with Crippen molar-refractivity contribution in [1.82, 2.24) is 9.97 Å². The summed E-state index contributed by atoms with van der Waals surface area (Å²) >= 11 is 0. The van der Waals surface area contributed by atoms with Crippen LogP contribution in [-0.4, -0.2) is 37.3 Å². The van der Waals surface area contributed by atoms with Crippen molar-refractivity contribution in [3.63, 3.8) is 0 Å². The van der Waals surface area contributed by atoms with E-state index in [4.69, 9.17) is 15.2 Å². The minimum absolute atomic E-state index is 0.646. The standard InChI is InChI=1S/C13H18N4O2/c1-18-11-6-9-10(7-12(11)19-2)16-8-17-13(9)15-5-3-4-14/h6-8H,3-5,14H2,1-2H3,(H,15,16,17). The molecule has 0 fully saturated rings. The molecule has 0 spiro atoms. The van der Waals surface area contributed by atoms with Crippen molar-refractivity contribution in [2.75, 3.05) is 32.6 Å². The highest BCUT2D eigenvalue weighted by Crippen LogP contribution is 2.33. The molecule has 0 aliphatic heterocycles. The summed E-state index contributed by atoms with van der Waals surface area (Å²) in [5, 5.41) is 4.15. The van der Waals surface area contributed by atoms with Gasteiger partial charge < -0.3 is 20.5 Å². The minimum Gasteiger partial charge on any atom is -0.493 e. The van der Waals surface area contributed by atoms with E-state index in [0.29, 0.717) is 18.0 Å². The smallest absolute Gasteiger partial charge is 0.162 e. The van der Waals surface area contributed by atoms with Crippen molar-refractivity contribution in [2.24, 2.45) is 5.73 Å². The molecule has 2 aromatic rings. The van der Waals surface area contributed by atoms with Crippen LogP contribution in [0.15, 0.2) is 18.5 Å². The Kier molecular flexibility index (Phi) is 4.35. The molecule has 6 nitrogen and oxygen atoms in total. The molecular weight excluding hydrogens is 244 g/mol. The lowest BCUT2D eigenvalue weighted by Crippen LogP contribution is -2.09. The average Bonchev–Trinajstić information content (AvgIpc) is 2.46. The van der Waals surface area contributed by atoms with Gasteiger partial charge in [0.25, 0.3) is 0 Å². The molecule has 0 saturated carbocycles. The predicted octanol–water partition coefficient (Wildman–Crippen LogP) is 1.41. The fourth-order valence-corrected chi connectivity index (χ4v) is 1.83. The molecule has 0 atom stereocenters. The molecule has 1 aromatic carbocycles. The first-order valence-corrected chi connectivity index (χ1v) is 6.10. The number of nitrogens with two attached hydrogens (primary N) is 1. The number of hydrogen-bond acceptors (Lipinski definition) is 6. The summed E-state index contributed by atoms with van der Waals surface area (Å²) in [5.74, 6) is 2.09. The summed E-state index contributed by atoms with van der Waals surface area (Å²) in [4.78, 5) is 8.49. The summed E-state index contributed by atoms with van der Waals surface area (Å²) < 4.78 is 10.6. The lowest BCUT2D eigenvalue weighted by atomic mass is 10.2. The van der Waals surface area contributed by atoms with Gasteiger partial charge >= 0.3 is 0 Å². The first kappa shape index (κ1) is 13.4. The Labute approximate surface area is 111 Å². The van der Waals surface area contributed by atoms with Crippen LogP contribution < -0.4 is 20.5 Å². The second-order valence-electron chi connectivity index (χ2n) is 4.02. The Bertz CT molecular complexity index is 560. The van der Waals surface area contributed by atoms with Crippen molar-refractivity contribution in [1.29, 1.82) is 0 Å². The Morgan fingerprint density at radius 1 is 1.16 bits per heavy atom. The van der Waals surface area contributed by atoms with E-state index in [9.17, 15) is 0 Å². The topological polar surface area (TPSA) is 82.3 Å². The molecule has 2 rings (SSSR count). The van der Waals surface area contributed by atoms with Gasteiger partial charge in [-0.2, -0.15) is 0 Å². The number of hydrogen-bond donors (Lipinski definition) is 2. The number of anilines is 1. The number of benzene rings is 1. The fourth-order valence-electron chi connectivity index (χ4n) is 1.83. The summed E-state index contributed by atoms with van der Waals surface area (Å²) in [5.41, 5.74) is 6.29. The fraction of sp³-hybridized carbons (Fsp3) is 0.385. The lowest BCUT2D eigenvalue weighted by molar-refractivity contribution is 0.356. The van der Waals surface area contributed by atoms with Gasteiger partial charge in [-0.15, -0.1) is 0 Å². The number of fused-ring (bicyclic) bond motifs is 1. The molecule has 0 amide bonds. The number of rotatable bonds is 6. The van der Waals surface area contributed by atoms with E-state index < -0.39 is 0 Å². The third kappa shape index (κ3) is 2.85. The second kappa shape index (κ2) is 6.19. The molecule has 6 heteroatoms. The number of nitrogens with zero attached hydrogens (tertiary/aromatic N) is 2. The maximum absolute atomic E-state index is 5.48. The average molecular weight is 262 g/mol. The van der Waals surface area contributed by atoms with Crippen LogP contribution >= 0.6 is 0 Å². The summed E-state index contributed by atoms with van der Waals surface area (Å²) in [7, 11) is 3.21. The van der Waals surface area contributed by atoms with E-state index in [0.717, 1.165) is 29.7 Å². The van der Waals surface area contributed by atoms with Crippen molar-refractivity contribution in [3.05, 3.63) is 18.5 Å². The van der Waals surface area contributed by atoms with Crippen LogP contribution in [0.4, 0.5) is 5.82 Å². The van der Waals surface area contributed by atoms with Crippen molar-refractivity contribution in [2.45, 2.75) is 6.42 Å². The van der Waals surface area contributed by atoms with E-state index in [-0.39, 0.29) is 0 Å². The molecule has 3 N–H and O–H groups in total. The molecule has 1 heterocycles. The maximum atomic E-state index is 5.48. The highest BCUT2D eigenvalue weighted by atomic mass is 16.5. The van der Waals surface area contributed by atoms with Crippen LogP contribution in [0.5, 0.6) is 11.5 Å².